The van der Waals surface area contributed by atoms with E-state index < -0.39 is 10.0 Å². The minimum absolute atomic E-state index is 0.0935. The molecule has 1 N–H and O–H groups in total. The van der Waals surface area contributed by atoms with Crippen molar-refractivity contribution in [3.05, 3.63) is 71.5 Å². The maximum Gasteiger partial charge on any atom is 0.283 e. The van der Waals surface area contributed by atoms with Gasteiger partial charge in [0.05, 0.1) is 17.6 Å². The topological polar surface area (TPSA) is 93.0 Å². The van der Waals surface area contributed by atoms with Gasteiger partial charge in [0.25, 0.3) is 15.9 Å². The van der Waals surface area contributed by atoms with Gasteiger partial charge in [-0.1, -0.05) is 0 Å². The number of nitrogens with one attached hydrogen (secondary N) is 1. The Hall–Kier alpha value is -3.59. The predicted octanol–water partition coefficient (Wildman–Crippen LogP) is 4.17. The van der Waals surface area contributed by atoms with Crippen molar-refractivity contribution < 1.29 is 17.9 Å². The lowest BCUT2D eigenvalue weighted by Gasteiger charge is -2.11. The fourth-order valence-corrected chi connectivity index (χ4v) is 5.22. The van der Waals surface area contributed by atoms with Crippen molar-refractivity contribution in [2.45, 2.75) is 31.6 Å². The number of likely N-dealkylation sites (tertiary alicyclic amines) is 1. The molecule has 0 spiro atoms. The molecule has 34 heavy (non-hydrogen) atoms. The number of carbonyl (C=O) groups excluding carboxylic acids is 1. The van der Waals surface area contributed by atoms with Gasteiger partial charge in [0, 0.05) is 42.8 Å². The summed E-state index contributed by atoms with van der Waals surface area (Å²) < 4.78 is 36.5. The lowest BCUT2D eigenvalue weighted by Crippen LogP contribution is -2.20. The minimum Gasteiger partial charge on any atom is -0.497 e. The van der Waals surface area contributed by atoms with E-state index in [1.165, 1.54) is 12.1 Å². The minimum atomic E-state index is -3.80. The van der Waals surface area contributed by atoms with E-state index in [0.29, 0.717) is 23.5 Å². The number of nitrogens with zero attached hydrogens (tertiary/aromatic N) is 3. The highest BCUT2D eigenvalue weighted by Gasteiger charge is 2.21. The van der Waals surface area contributed by atoms with Gasteiger partial charge in [-0.2, -0.15) is 8.42 Å². The first-order chi connectivity index (χ1) is 16.2. The average Bonchev–Trinajstić information content (AvgIpc) is 3.35. The predicted molar refractivity (Wildman–Crippen MR) is 133 cm³/mol. The molecule has 2 heterocycles. The number of hydrogen-bond donors (Lipinski definition) is 1. The number of amides is 1. The van der Waals surface area contributed by atoms with Crippen molar-refractivity contribution in [3.8, 4) is 11.4 Å². The Labute approximate surface area is 199 Å². The summed E-state index contributed by atoms with van der Waals surface area (Å²) in [5.74, 6) is 1.07. The van der Waals surface area contributed by atoms with Crippen LogP contribution in [-0.4, -0.2) is 50.3 Å². The zero-order valence-corrected chi connectivity index (χ0v) is 20.5. The number of hydrogen-bond acceptors (Lipinski definition) is 4. The standard InChI is InChI=1S/C25H28N4O4S/c1-17-16-23(18(2)29(17)20-9-11-21(33-4)12-10-20)25(30)26-19-7-13-22(14-8-19)34(31,32)27-24-6-5-15-28(24)3/h7-14,16H,5-6,15H2,1-4H3,(H,26,30)/b27-24-. The van der Waals surface area contributed by atoms with E-state index in [4.69, 9.17) is 4.74 Å². The molecule has 0 aliphatic carbocycles. The highest BCUT2D eigenvalue weighted by molar-refractivity contribution is 7.90. The van der Waals surface area contributed by atoms with Crippen LogP contribution in [0.25, 0.3) is 5.69 Å². The largest absolute Gasteiger partial charge is 0.497 e. The van der Waals surface area contributed by atoms with Crippen LogP contribution < -0.4 is 10.1 Å². The fraction of sp³-hybridized carbons (Fsp3) is 0.280. The molecule has 1 aromatic heterocycles. The molecule has 1 saturated heterocycles. The summed E-state index contributed by atoms with van der Waals surface area (Å²) in [7, 11) is -0.340. The molecule has 8 nitrogen and oxygen atoms in total. The first-order valence-corrected chi connectivity index (χ1v) is 12.4. The molecule has 1 fully saturated rings. The van der Waals surface area contributed by atoms with Crippen molar-refractivity contribution in [1.29, 1.82) is 0 Å². The Morgan fingerprint density at radius 3 is 2.32 bits per heavy atom. The summed E-state index contributed by atoms with van der Waals surface area (Å²) in [5, 5.41) is 2.86. The number of ether oxygens (including phenoxy) is 1. The van der Waals surface area contributed by atoms with Crippen LogP contribution in [0, 0.1) is 13.8 Å². The molecule has 178 valence electrons. The van der Waals surface area contributed by atoms with Crippen LogP contribution in [0.15, 0.2) is 63.9 Å². The zero-order valence-electron chi connectivity index (χ0n) is 19.7. The van der Waals surface area contributed by atoms with Gasteiger partial charge in [-0.25, -0.2) is 0 Å². The van der Waals surface area contributed by atoms with Crippen LogP contribution in [0.2, 0.25) is 0 Å². The molecule has 3 aromatic rings. The first-order valence-electron chi connectivity index (χ1n) is 11.0. The van der Waals surface area contributed by atoms with E-state index in [-0.39, 0.29) is 10.8 Å². The van der Waals surface area contributed by atoms with Gasteiger partial charge in [0.1, 0.15) is 11.6 Å². The Balaban J connectivity index is 1.52. The molecule has 0 unspecified atom stereocenters. The van der Waals surface area contributed by atoms with Crippen LogP contribution in [0.4, 0.5) is 5.69 Å². The van der Waals surface area contributed by atoms with Gasteiger partial charge >= 0.3 is 0 Å². The molecule has 0 bridgehead atoms. The summed E-state index contributed by atoms with van der Waals surface area (Å²) in [5.41, 5.74) is 3.70. The van der Waals surface area contributed by atoms with E-state index in [1.807, 2.05) is 60.7 Å². The van der Waals surface area contributed by atoms with Gasteiger partial charge in [0.15, 0.2) is 0 Å². The fourth-order valence-electron chi connectivity index (χ4n) is 4.13. The lowest BCUT2D eigenvalue weighted by atomic mass is 10.2. The van der Waals surface area contributed by atoms with Gasteiger partial charge in [-0.3, -0.25) is 4.79 Å². The second kappa shape index (κ2) is 9.34. The average molecular weight is 481 g/mol. The van der Waals surface area contributed by atoms with Crippen LogP contribution in [0.5, 0.6) is 5.75 Å². The number of rotatable bonds is 6. The van der Waals surface area contributed by atoms with Gasteiger partial charge in [-0.05, 0) is 74.9 Å². The third-order valence-corrected chi connectivity index (χ3v) is 7.30. The molecule has 2 aromatic carbocycles. The third kappa shape index (κ3) is 4.70. The second-order valence-electron chi connectivity index (χ2n) is 8.30. The third-order valence-electron chi connectivity index (χ3n) is 5.98. The number of anilines is 1. The van der Waals surface area contributed by atoms with E-state index in [2.05, 4.69) is 9.71 Å². The van der Waals surface area contributed by atoms with E-state index in [0.717, 1.165) is 35.8 Å². The molecular formula is C25H28N4O4S. The van der Waals surface area contributed by atoms with Crippen LogP contribution in [0.1, 0.15) is 34.6 Å². The number of sulfonamides is 1. The second-order valence-corrected chi connectivity index (χ2v) is 9.91. The van der Waals surface area contributed by atoms with Crippen molar-refractivity contribution in [1.82, 2.24) is 9.47 Å². The Kier molecular flexibility index (Phi) is 6.47. The molecule has 1 aliphatic rings. The molecule has 0 saturated carbocycles. The summed E-state index contributed by atoms with van der Waals surface area (Å²) >= 11 is 0. The van der Waals surface area contributed by atoms with Crippen LogP contribution >= 0.6 is 0 Å². The summed E-state index contributed by atoms with van der Waals surface area (Å²) in [4.78, 5) is 14.9. The maximum atomic E-state index is 13.0. The monoisotopic (exact) mass is 480 g/mol. The Morgan fingerprint density at radius 2 is 1.74 bits per heavy atom. The molecule has 1 amide bonds. The van der Waals surface area contributed by atoms with Crippen molar-refractivity contribution in [3.63, 3.8) is 0 Å². The van der Waals surface area contributed by atoms with Crippen LogP contribution in [-0.2, 0) is 10.0 Å². The van der Waals surface area contributed by atoms with Gasteiger partial charge in [-0.15, -0.1) is 4.40 Å². The van der Waals surface area contributed by atoms with E-state index in [9.17, 15) is 13.2 Å². The highest BCUT2D eigenvalue weighted by Crippen LogP contribution is 2.24. The highest BCUT2D eigenvalue weighted by atomic mass is 32.2. The molecule has 0 atom stereocenters. The number of aryl methyl sites for hydroxylation is 1. The number of aromatic nitrogens is 1. The zero-order chi connectivity index (χ0) is 24.5. The molecule has 9 heteroatoms. The normalized spacial score (nSPS) is 15.1. The summed E-state index contributed by atoms with van der Waals surface area (Å²) in [6, 6.07) is 15.5. The summed E-state index contributed by atoms with van der Waals surface area (Å²) in [6.07, 6.45) is 1.55. The van der Waals surface area contributed by atoms with Crippen molar-refractivity contribution >= 4 is 27.5 Å². The molecule has 0 radical (unpaired) electrons. The van der Waals surface area contributed by atoms with Gasteiger partial charge < -0.3 is 19.5 Å². The lowest BCUT2D eigenvalue weighted by molar-refractivity contribution is 0.102. The molecule has 4 rings (SSSR count). The van der Waals surface area contributed by atoms with Crippen LogP contribution in [0.3, 0.4) is 0 Å². The first kappa shape index (κ1) is 23.6. The molecular weight excluding hydrogens is 452 g/mol. The maximum absolute atomic E-state index is 13.0. The van der Waals surface area contributed by atoms with Crippen molar-refractivity contribution in [2.75, 3.05) is 26.0 Å². The van der Waals surface area contributed by atoms with E-state index in [1.54, 1.807) is 19.2 Å². The Bertz CT molecular complexity index is 1340. The summed E-state index contributed by atoms with van der Waals surface area (Å²) in [6.45, 7) is 4.64. The Morgan fingerprint density at radius 1 is 1.06 bits per heavy atom. The molecule has 1 aliphatic heterocycles. The van der Waals surface area contributed by atoms with Crippen molar-refractivity contribution in [2.24, 2.45) is 4.40 Å². The number of amidine groups is 1. The van der Waals surface area contributed by atoms with Gasteiger partial charge in [0.2, 0.25) is 0 Å². The SMILES string of the molecule is COc1ccc(-n2c(C)cc(C(=O)Nc3ccc(S(=O)(=O)/N=C4/CCCN4C)cc3)c2C)cc1. The number of carbonyl (C=O) groups is 1. The number of methoxy groups -OCH3 is 1. The quantitative estimate of drug-likeness (QED) is 0.572. The number of benzene rings is 2. The smallest absolute Gasteiger partial charge is 0.283 e. The van der Waals surface area contributed by atoms with E-state index >= 15 is 0 Å².